The Morgan fingerprint density at radius 2 is 2.00 bits per heavy atom. The molecule has 1 aliphatic heterocycles. The third-order valence-corrected chi connectivity index (χ3v) is 2.86. The molecule has 108 valence electrons. The lowest BCUT2D eigenvalue weighted by atomic mass is 10.1. The van der Waals surface area contributed by atoms with E-state index in [2.05, 4.69) is 5.32 Å². The minimum absolute atomic E-state index is 0.147. The number of nitrogens with one attached hydrogen (secondary N) is 1. The van der Waals surface area contributed by atoms with Crippen LogP contribution in [0.4, 0.5) is 5.69 Å². The minimum Gasteiger partial charge on any atom is -0.490 e. The molecule has 2 rings (SSSR count). The van der Waals surface area contributed by atoms with Crippen LogP contribution >= 0.6 is 0 Å². The van der Waals surface area contributed by atoms with Crippen LogP contribution in [-0.4, -0.2) is 30.5 Å². The molecule has 0 aliphatic carbocycles. The fraction of sp³-hybridized carbons (Fsp3) is 0.467. The van der Waals surface area contributed by atoms with Gasteiger partial charge in [-0.1, -0.05) is 12.1 Å². The molecule has 0 radical (unpaired) electrons. The highest BCUT2D eigenvalue weighted by Crippen LogP contribution is 2.31. The number of para-hydroxylation sites is 2. The number of amides is 2. The number of anilines is 1. The van der Waals surface area contributed by atoms with Crippen molar-refractivity contribution in [2.24, 2.45) is 0 Å². The van der Waals surface area contributed by atoms with E-state index in [0.717, 1.165) is 5.69 Å². The fourth-order valence-corrected chi connectivity index (χ4v) is 2.12. The van der Waals surface area contributed by atoms with Crippen molar-refractivity contribution in [2.75, 3.05) is 18.1 Å². The van der Waals surface area contributed by atoms with Crippen molar-refractivity contribution >= 4 is 17.5 Å². The SMILES string of the molecule is CC(C)(C)NC(=O)CC(=O)N1CCOc2ccccc21. The van der Waals surface area contributed by atoms with Gasteiger partial charge in [-0.2, -0.15) is 0 Å². The lowest BCUT2D eigenvalue weighted by Crippen LogP contribution is -2.45. The van der Waals surface area contributed by atoms with E-state index in [1.54, 1.807) is 4.90 Å². The number of fused-ring (bicyclic) bond motifs is 1. The number of benzene rings is 1. The summed E-state index contributed by atoms with van der Waals surface area (Å²) in [6, 6.07) is 7.36. The van der Waals surface area contributed by atoms with Crippen LogP contribution in [0.2, 0.25) is 0 Å². The summed E-state index contributed by atoms with van der Waals surface area (Å²) in [5.74, 6) is 0.220. The maximum absolute atomic E-state index is 12.3. The maximum Gasteiger partial charge on any atom is 0.236 e. The zero-order valence-electron chi connectivity index (χ0n) is 12.1. The van der Waals surface area contributed by atoms with Crippen molar-refractivity contribution in [3.05, 3.63) is 24.3 Å². The second kappa shape index (κ2) is 5.53. The van der Waals surface area contributed by atoms with Gasteiger partial charge in [0.1, 0.15) is 18.8 Å². The van der Waals surface area contributed by atoms with Gasteiger partial charge in [-0.25, -0.2) is 0 Å². The first-order valence-corrected chi connectivity index (χ1v) is 6.70. The Morgan fingerprint density at radius 3 is 2.70 bits per heavy atom. The van der Waals surface area contributed by atoms with Crippen molar-refractivity contribution in [2.45, 2.75) is 32.7 Å². The summed E-state index contributed by atoms with van der Waals surface area (Å²) >= 11 is 0. The first-order chi connectivity index (χ1) is 9.37. The molecule has 0 atom stereocenters. The quantitative estimate of drug-likeness (QED) is 0.837. The fourth-order valence-electron chi connectivity index (χ4n) is 2.12. The molecule has 20 heavy (non-hydrogen) atoms. The number of hydrogen-bond acceptors (Lipinski definition) is 3. The average molecular weight is 276 g/mol. The summed E-state index contributed by atoms with van der Waals surface area (Å²) in [5, 5.41) is 2.80. The molecule has 5 nitrogen and oxygen atoms in total. The molecule has 1 heterocycles. The molecule has 1 aromatic carbocycles. The highest BCUT2D eigenvalue weighted by atomic mass is 16.5. The lowest BCUT2D eigenvalue weighted by molar-refractivity contribution is -0.128. The van der Waals surface area contributed by atoms with Gasteiger partial charge in [0.25, 0.3) is 0 Å². The van der Waals surface area contributed by atoms with Crippen LogP contribution in [0.15, 0.2) is 24.3 Å². The predicted molar refractivity (Wildman–Crippen MR) is 76.8 cm³/mol. The number of nitrogens with zero attached hydrogens (tertiary/aromatic N) is 1. The van der Waals surface area contributed by atoms with E-state index in [1.165, 1.54) is 0 Å². The van der Waals surface area contributed by atoms with E-state index >= 15 is 0 Å². The zero-order valence-corrected chi connectivity index (χ0v) is 12.1. The molecule has 0 saturated carbocycles. The van der Waals surface area contributed by atoms with Crippen LogP contribution < -0.4 is 15.0 Å². The second-order valence-electron chi connectivity index (χ2n) is 5.84. The number of hydrogen-bond donors (Lipinski definition) is 1. The van der Waals surface area contributed by atoms with E-state index < -0.39 is 0 Å². The van der Waals surface area contributed by atoms with Gasteiger partial charge in [0, 0.05) is 5.54 Å². The Balaban J connectivity index is 2.06. The average Bonchev–Trinajstić information content (AvgIpc) is 2.35. The number of carbonyl (C=O) groups excluding carboxylic acids is 2. The Labute approximate surface area is 118 Å². The summed E-state index contributed by atoms with van der Waals surface area (Å²) in [6.07, 6.45) is -0.147. The molecule has 0 fully saturated rings. The molecule has 0 spiro atoms. The maximum atomic E-state index is 12.3. The summed E-state index contributed by atoms with van der Waals surface area (Å²) in [4.78, 5) is 25.7. The summed E-state index contributed by atoms with van der Waals surface area (Å²) < 4.78 is 5.49. The van der Waals surface area contributed by atoms with Crippen LogP contribution in [0.25, 0.3) is 0 Å². The van der Waals surface area contributed by atoms with Crippen LogP contribution in [0.1, 0.15) is 27.2 Å². The van der Waals surface area contributed by atoms with Gasteiger partial charge in [0.2, 0.25) is 11.8 Å². The molecule has 0 saturated heterocycles. The van der Waals surface area contributed by atoms with Crippen molar-refractivity contribution < 1.29 is 14.3 Å². The van der Waals surface area contributed by atoms with Gasteiger partial charge in [0.05, 0.1) is 12.2 Å². The lowest BCUT2D eigenvalue weighted by Gasteiger charge is -2.29. The van der Waals surface area contributed by atoms with E-state index in [1.807, 2.05) is 45.0 Å². The second-order valence-corrected chi connectivity index (χ2v) is 5.84. The van der Waals surface area contributed by atoms with Crippen molar-refractivity contribution in [3.63, 3.8) is 0 Å². The molecule has 0 bridgehead atoms. The third kappa shape index (κ3) is 3.50. The van der Waals surface area contributed by atoms with Gasteiger partial charge in [-0.05, 0) is 32.9 Å². The number of ether oxygens (including phenoxy) is 1. The summed E-state index contributed by atoms with van der Waals surface area (Å²) in [5.41, 5.74) is 0.396. The van der Waals surface area contributed by atoms with Gasteiger partial charge in [-0.3, -0.25) is 9.59 Å². The Bertz CT molecular complexity index is 520. The van der Waals surface area contributed by atoms with E-state index in [4.69, 9.17) is 4.74 Å². The largest absolute Gasteiger partial charge is 0.490 e. The molecule has 1 aliphatic rings. The highest BCUT2D eigenvalue weighted by Gasteiger charge is 2.25. The van der Waals surface area contributed by atoms with E-state index in [9.17, 15) is 9.59 Å². The first kappa shape index (κ1) is 14.4. The summed E-state index contributed by atoms with van der Waals surface area (Å²) in [7, 11) is 0. The Hall–Kier alpha value is -2.04. The molecule has 5 heteroatoms. The van der Waals surface area contributed by atoms with Gasteiger partial charge in [-0.15, -0.1) is 0 Å². The highest BCUT2D eigenvalue weighted by molar-refractivity contribution is 6.05. The van der Waals surface area contributed by atoms with Crippen molar-refractivity contribution in [3.8, 4) is 5.75 Å². The Morgan fingerprint density at radius 1 is 1.30 bits per heavy atom. The van der Waals surface area contributed by atoms with Gasteiger partial charge < -0.3 is 15.0 Å². The van der Waals surface area contributed by atoms with Crippen LogP contribution in [0.3, 0.4) is 0 Å². The number of carbonyl (C=O) groups is 2. The predicted octanol–water partition coefficient (Wildman–Crippen LogP) is 1.72. The molecular weight excluding hydrogens is 256 g/mol. The monoisotopic (exact) mass is 276 g/mol. The van der Waals surface area contributed by atoms with E-state index in [-0.39, 0.29) is 23.8 Å². The molecule has 2 amide bonds. The van der Waals surface area contributed by atoms with Crippen LogP contribution in [-0.2, 0) is 9.59 Å². The van der Waals surface area contributed by atoms with Crippen LogP contribution in [0, 0.1) is 0 Å². The van der Waals surface area contributed by atoms with Crippen LogP contribution in [0.5, 0.6) is 5.75 Å². The normalized spacial score (nSPS) is 14.2. The first-order valence-electron chi connectivity index (χ1n) is 6.70. The van der Waals surface area contributed by atoms with Crippen molar-refractivity contribution in [1.29, 1.82) is 0 Å². The standard InChI is InChI=1S/C15H20N2O3/c1-15(2,3)16-13(18)10-14(19)17-8-9-20-12-7-5-4-6-11(12)17/h4-7H,8-10H2,1-3H3,(H,16,18). The zero-order chi connectivity index (χ0) is 14.8. The topological polar surface area (TPSA) is 58.6 Å². The van der Waals surface area contributed by atoms with Gasteiger partial charge in [0.15, 0.2) is 0 Å². The number of rotatable bonds is 2. The molecule has 1 N–H and O–H groups in total. The molecule has 0 unspecified atom stereocenters. The molecule has 1 aromatic rings. The molecule has 0 aromatic heterocycles. The summed E-state index contributed by atoms with van der Waals surface area (Å²) in [6.45, 7) is 6.58. The van der Waals surface area contributed by atoms with Crippen molar-refractivity contribution in [1.82, 2.24) is 5.32 Å². The minimum atomic E-state index is -0.333. The smallest absolute Gasteiger partial charge is 0.236 e. The van der Waals surface area contributed by atoms with Gasteiger partial charge >= 0.3 is 0 Å². The molecular formula is C15H20N2O3. The third-order valence-electron chi connectivity index (χ3n) is 2.86. The Kier molecular flexibility index (Phi) is 3.97. The van der Waals surface area contributed by atoms with E-state index in [0.29, 0.717) is 18.9 Å².